The fourth-order valence-electron chi connectivity index (χ4n) is 2.76. The van der Waals surface area contributed by atoms with Gasteiger partial charge in [0, 0.05) is 23.8 Å². The van der Waals surface area contributed by atoms with Gasteiger partial charge < -0.3 is 20.3 Å². The van der Waals surface area contributed by atoms with Gasteiger partial charge in [-0.2, -0.15) is 0 Å². The molecule has 26 heavy (non-hydrogen) atoms. The van der Waals surface area contributed by atoms with E-state index in [0.717, 1.165) is 18.8 Å². The number of rotatable bonds is 3. The number of ether oxygens (including phenoxy) is 1. The summed E-state index contributed by atoms with van der Waals surface area (Å²) in [4.78, 5) is 26.7. The number of nitrogens with one attached hydrogen (secondary N) is 2. The number of para-hydroxylation sites is 2. The van der Waals surface area contributed by atoms with Crippen LogP contribution in [-0.4, -0.2) is 38.1 Å². The zero-order valence-corrected chi connectivity index (χ0v) is 15.2. The summed E-state index contributed by atoms with van der Waals surface area (Å²) in [6.45, 7) is 4.53. The summed E-state index contributed by atoms with van der Waals surface area (Å²) in [5.74, 6) is -1.47. The largest absolute Gasteiger partial charge is 0.378 e. The number of hydrogen-bond donors (Lipinski definition) is 2. The molecular formula is C19H20ClN3O3. The molecule has 3 rings (SSSR count). The van der Waals surface area contributed by atoms with Crippen LogP contribution < -0.4 is 15.5 Å². The number of amides is 2. The van der Waals surface area contributed by atoms with Gasteiger partial charge in [0.05, 0.1) is 24.6 Å². The van der Waals surface area contributed by atoms with Crippen LogP contribution in [0.3, 0.4) is 0 Å². The van der Waals surface area contributed by atoms with Crippen molar-refractivity contribution in [3.63, 3.8) is 0 Å². The van der Waals surface area contributed by atoms with Gasteiger partial charge in [-0.25, -0.2) is 0 Å². The van der Waals surface area contributed by atoms with E-state index in [-0.39, 0.29) is 0 Å². The molecule has 0 aromatic heterocycles. The van der Waals surface area contributed by atoms with Crippen molar-refractivity contribution in [3.8, 4) is 0 Å². The number of benzene rings is 2. The molecule has 2 aromatic rings. The molecule has 1 fully saturated rings. The molecule has 7 heteroatoms. The molecule has 1 aliphatic rings. The van der Waals surface area contributed by atoms with Crippen LogP contribution in [0.25, 0.3) is 0 Å². The van der Waals surface area contributed by atoms with Gasteiger partial charge >= 0.3 is 11.8 Å². The normalized spacial score (nSPS) is 14.0. The first-order chi connectivity index (χ1) is 12.6. The van der Waals surface area contributed by atoms with E-state index in [9.17, 15) is 9.59 Å². The Labute approximate surface area is 157 Å². The van der Waals surface area contributed by atoms with Crippen molar-refractivity contribution < 1.29 is 14.3 Å². The first-order valence-corrected chi connectivity index (χ1v) is 8.73. The number of hydrogen-bond acceptors (Lipinski definition) is 4. The molecule has 136 valence electrons. The number of morpholine rings is 1. The monoisotopic (exact) mass is 373 g/mol. The summed E-state index contributed by atoms with van der Waals surface area (Å²) in [6.07, 6.45) is 0. The molecule has 6 nitrogen and oxygen atoms in total. The molecule has 0 radical (unpaired) electrons. The first-order valence-electron chi connectivity index (χ1n) is 8.35. The van der Waals surface area contributed by atoms with E-state index in [2.05, 4.69) is 15.5 Å². The third-order valence-electron chi connectivity index (χ3n) is 4.23. The van der Waals surface area contributed by atoms with Crippen LogP contribution in [0.5, 0.6) is 0 Å². The average Bonchev–Trinajstić information content (AvgIpc) is 2.66. The van der Waals surface area contributed by atoms with Gasteiger partial charge in [0.2, 0.25) is 0 Å². The Morgan fingerprint density at radius 2 is 1.58 bits per heavy atom. The highest BCUT2D eigenvalue weighted by Gasteiger charge is 2.19. The lowest BCUT2D eigenvalue weighted by atomic mass is 10.2. The van der Waals surface area contributed by atoms with Gasteiger partial charge in [0.15, 0.2) is 0 Å². The number of anilines is 3. The van der Waals surface area contributed by atoms with E-state index in [1.54, 1.807) is 31.2 Å². The van der Waals surface area contributed by atoms with Crippen LogP contribution in [-0.2, 0) is 14.3 Å². The van der Waals surface area contributed by atoms with Crippen LogP contribution >= 0.6 is 11.6 Å². The minimum absolute atomic E-state index is 0.513. The Kier molecular flexibility index (Phi) is 5.75. The minimum atomic E-state index is -0.743. The molecule has 0 bridgehead atoms. The zero-order valence-electron chi connectivity index (χ0n) is 14.4. The maximum absolute atomic E-state index is 12.3. The maximum atomic E-state index is 12.3. The number of nitrogens with zero attached hydrogens (tertiary/aromatic N) is 1. The van der Waals surface area contributed by atoms with Crippen molar-refractivity contribution in [2.24, 2.45) is 0 Å². The van der Waals surface area contributed by atoms with Crippen LogP contribution in [0, 0.1) is 6.92 Å². The Balaban J connectivity index is 1.71. The second kappa shape index (κ2) is 8.21. The Morgan fingerprint density at radius 1 is 0.962 bits per heavy atom. The van der Waals surface area contributed by atoms with Crippen molar-refractivity contribution >= 4 is 40.5 Å². The van der Waals surface area contributed by atoms with Crippen molar-refractivity contribution in [1.29, 1.82) is 0 Å². The summed E-state index contributed by atoms with van der Waals surface area (Å²) in [6, 6.07) is 12.6. The lowest BCUT2D eigenvalue weighted by Crippen LogP contribution is -2.37. The van der Waals surface area contributed by atoms with Crippen LogP contribution in [0.15, 0.2) is 42.5 Å². The minimum Gasteiger partial charge on any atom is -0.378 e. The summed E-state index contributed by atoms with van der Waals surface area (Å²) in [5.41, 5.74) is 2.69. The van der Waals surface area contributed by atoms with Crippen molar-refractivity contribution in [3.05, 3.63) is 53.1 Å². The van der Waals surface area contributed by atoms with E-state index in [1.807, 2.05) is 18.2 Å². The predicted octanol–water partition coefficient (Wildman–Crippen LogP) is 3.06. The molecule has 2 N–H and O–H groups in total. The third kappa shape index (κ3) is 4.15. The van der Waals surface area contributed by atoms with E-state index in [1.165, 1.54) is 0 Å². The summed E-state index contributed by atoms with van der Waals surface area (Å²) >= 11 is 6.05. The second-order valence-corrected chi connectivity index (χ2v) is 6.34. The molecule has 0 aliphatic carbocycles. The van der Waals surface area contributed by atoms with Gasteiger partial charge in [-0.3, -0.25) is 9.59 Å². The fraction of sp³-hybridized carbons (Fsp3) is 0.263. The SMILES string of the molecule is Cc1c(Cl)cccc1NC(=O)C(=O)Nc1ccccc1N1CCOCC1. The molecule has 1 saturated heterocycles. The molecule has 0 unspecified atom stereocenters. The van der Waals surface area contributed by atoms with Crippen LogP contribution in [0.1, 0.15) is 5.56 Å². The van der Waals surface area contributed by atoms with Gasteiger partial charge in [-0.15, -0.1) is 0 Å². The molecule has 0 atom stereocenters. The Hall–Kier alpha value is -2.57. The summed E-state index contributed by atoms with van der Waals surface area (Å²) < 4.78 is 5.36. The molecule has 2 amide bonds. The van der Waals surface area contributed by atoms with Crippen molar-refractivity contribution in [2.45, 2.75) is 6.92 Å². The molecule has 0 spiro atoms. The van der Waals surface area contributed by atoms with E-state index in [4.69, 9.17) is 16.3 Å². The van der Waals surface area contributed by atoms with Gasteiger partial charge in [0.1, 0.15) is 0 Å². The smallest absolute Gasteiger partial charge is 0.314 e. The lowest BCUT2D eigenvalue weighted by molar-refractivity contribution is -0.132. The maximum Gasteiger partial charge on any atom is 0.314 e. The third-order valence-corrected chi connectivity index (χ3v) is 4.64. The molecule has 1 heterocycles. The van der Waals surface area contributed by atoms with Crippen LogP contribution in [0.2, 0.25) is 5.02 Å². The molecular weight excluding hydrogens is 354 g/mol. The highest BCUT2D eigenvalue weighted by Crippen LogP contribution is 2.27. The quantitative estimate of drug-likeness (QED) is 0.811. The van der Waals surface area contributed by atoms with E-state index < -0.39 is 11.8 Å². The van der Waals surface area contributed by atoms with Gasteiger partial charge in [0.25, 0.3) is 0 Å². The van der Waals surface area contributed by atoms with E-state index in [0.29, 0.717) is 35.2 Å². The molecule has 0 saturated carbocycles. The molecule has 1 aliphatic heterocycles. The fourth-order valence-corrected chi connectivity index (χ4v) is 2.93. The number of carbonyl (C=O) groups excluding carboxylic acids is 2. The topological polar surface area (TPSA) is 70.7 Å². The highest BCUT2D eigenvalue weighted by atomic mass is 35.5. The Morgan fingerprint density at radius 3 is 2.31 bits per heavy atom. The highest BCUT2D eigenvalue weighted by molar-refractivity contribution is 6.44. The lowest BCUT2D eigenvalue weighted by Gasteiger charge is -2.30. The first kappa shape index (κ1) is 18.2. The molecule has 2 aromatic carbocycles. The Bertz CT molecular complexity index is 819. The van der Waals surface area contributed by atoms with Gasteiger partial charge in [-0.1, -0.05) is 29.8 Å². The average molecular weight is 374 g/mol. The zero-order chi connectivity index (χ0) is 18.5. The predicted molar refractivity (Wildman–Crippen MR) is 103 cm³/mol. The standard InChI is InChI=1S/C19H20ClN3O3/c1-13-14(20)5-4-7-15(13)21-18(24)19(25)22-16-6-2-3-8-17(16)23-9-11-26-12-10-23/h2-8H,9-12H2,1H3,(H,21,24)(H,22,25). The van der Waals surface area contributed by atoms with Crippen LogP contribution in [0.4, 0.5) is 17.1 Å². The summed E-state index contributed by atoms with van der Waals surface area (Å²) in [5, 5.41) is 5.83. The van der Waals surface area contributed by atoms with E-state index >= 15 is 0 Å². The number of halogens is 1. The number of carbonyl (C=O) groups is 2. The van der Waals surface area contributed by atoms with Crippen molar-refractivity contribution in [1.82, 2.24) is 0 Å². The summed E-state index contributed by atoms with van der Waals surface area (Å²) in [7, 11) is 0. The van der Waals surface area contributed by atoms with Gasteiger partial charge in [-0.05, 0) is 36.8 Å². The van der Waals surface area contributed by atoms with Crippen molar-refractivity contribution in [2.75, 3.05) is 41.8 Å². The second-order valence-electron chi connectivity index (χ2n) is 5.94.